The maximum absolute atomic E-state index is 5.61. The first-order valence-electron chi connectivity index (χ1n) is 5.02. The summed E-state index contributed by atoms with van der Waals surface area (Å²) < 4.78 is 6.22. The van der Waals surface area contributed by atoms with E-state index >= 15 is 0 Å². The summed E-state index contributed by atoms with van der Waals surface area (Å²) in [6.07, 6.45) is 1.61. The number of nitrogen functional groups attached to an aromatic ring is 1. The van der Waals surface area contributed by atoms with E-state index in [1.165, 1.54) is 0 Å². The van der Waals surface area contributed by atoms with E-state index in [1.807, 2.05) is 11.4 Å². The zero-order valence-electron chi connectivity index (χ0n) is 9.00. The highest BCUT2D eigenvalue weighted by molar-refractivity contribution is 9.10. The van der Waals surface area contributed by atoms with Crippen LogP contribution < -0.4 is 5.73 Å². The van der Waals surface area contributed by atoms with Gasteiger partial charge in [-0.3, -0.25) is 0 Å². The van der Waals surface area contributed by atoms with E-state index < -0.39 is 0 Å². The highest BCUT2D eigenvalue weighted by Gasteiger charge is 2.12. The van der Waals surface area contributed by atoms with Crippen LogP contribution in [0.5, 0.6) is 0 Å². The molecule has 0 amide bonds. The van der Waals surface area contributed by atoms with E-state index in [1.54, 1.807) is 29.7 Å². The maximum atomic E-state index is 5.61. The quantitative estimate of drug-likeness (QED) is 0.783. The molecular formula is C11H7BrN4OS. The molecule has 0 bridgehead atoms. The van der Waals surface area contributed by atoms with Gasteiger partial charge in [-0.05, 0) is 34.1 Å². The number of nitrogens with two attached hydrogens (primary N) is 1. The van der Waals surface area contributed by atoms with Crippen molar-refractivity contribution >= 4 is 33.1 Å². The van der Waals surface area contributed by atoms with Gasteiger partial charge in [0.25, 0.3) is 5.89 Å². The molecule has 0 aliphatic heterocycles. The van der Waals surface area contributed by atoms with Gasteiger partial charge in [-0.15, -0.1) is 11.3 Å². The second kappa shape index (κ2) is 4.51. The molecule has 0 saturated heterocycles. The van der Waals surface area contributed by atoms with E-state index in [4.69, 9.17) is 10.3 Å². The van der Waals surface area contributed by atoms with Gasteiger partial charge in [0.1, 0.15) is 5.82 Å². The Morgan fingerprint density at radius 2 is 2.22 bits per heavy atom. The van der Waals surface area contributed by atoms with E-state index in [0.29, 0.717) is 17.5 Å². The summed E-state index contributed by atoms with van der Waals surface area (Å²) in [5.41, 5.74) is 6.37. The smallest absolute Gasteiger partial charge is 0.258 e. The third-order valence-corrected chi connectivity index (χ3v) is 3.93. The molecule has 0 saturated carbocycles. The minimum Gasteiger partial charge on any atom is -0.384 e. The van der Waals surface area contributed by atoms with Crippen LogP contribution in [0, 0.1) is 0 Å². The van der Waals surface area contributed by atoms with E-state index in [2.05, 4.69) is 31.1 Å². The molecule has 7 heteroatoms. The number of pyridine rings is 1. The molecule has 5 nitrogen and oxygen atoms in total. The summed E-state index contributed by atoms with van der Waals surface area (Å²) in [6, 6.07) is 5.42. The Morgan fingerprint density at radius 3 is 2.94 bits per heavy atom. The Morgan fingerprint density at radius 1 is 1.33 bits per heavy atom. The third kappa shape index (κ3) is 2.14. The number of halogens is 1. The second-order valence-electron chi connectivity index (χ2n) is 3.52. The first kappa shape index (κ1) is 11.4. The molecule has 2 N–H and O–H groups in total. The average molecular weight is 323 g/mol. The Balaban J connectivity index is 1.99. The third-order valence-electron chi connectivity index (χ3n) is 2.24. The van der Waals surface area contributed by atoms with Crippen molar-refractivity contribution in [1.82, 2.24) is 15.1 Å². The van der Waals surface area contributed by atoms with E-state index in [9.17, 15) is 0 Å². The van der Waals surface area contributed by atoms with Crippen LogP contribution in [-0.2, 0) is 0 Å². The van der Waals surface area contributed by atoms with Crippen molar-refractivity contribution in [2.45, 2.75) is 0 Å². The maximum Gasteiger partial charge on any atom is 0.258 e. The zero-order valence-corrected chi connectivity index (χ0v) is 11.4. The van der Waals surface area contributed by atoms with E-state index in [-0.39, 0.29) is 0 Å². The molecule has 0 aliphatic rings. The van der Waals surface area contributed by atoms with Gasteiger partial charge >= 0.3 is 0 Å². The highest BCUT2D eigenvalue weighted by Crippen LogP contribution is 2.29. The van der Waals surface area contributed by atoms with Gasteiger partial charge in [0.05, 0.1) is 4.88 Å². The number of hydrogen-bond acceptors (Lipinski definition) is 6. The van der Waals surface area contributed by atoms with Gasteiger partial charge < -0.3 is 10.3 Å². The van der Waals surface area contributed by atoms with Crippen molar-refractivity contribution in [2.24, 2.45) is 0 Å². The van der Waals surface area contributed by atoms with Crippen molar-refractivity contribution in [2.75, 3.05) is 5.73 Å². The van der Waals surface area contributed by atoms with Crippen LogP contribution in [0.1, 0.15) is 0 Å². The minimum atomic E-state index is 0.422. The molecule has 3 heterocycles. The van der Waals surface area contributed by atoms with E-state index in [0.717, 1.165) is 14.9 Å². The van der Waals surface area contributed by atoms with Gasteiger partial charge in [0.15, 0.2) is 0 Å². The number of thiophene rings is 1. The predicted molar refractivity (Wildman–Crippen MR) is 73.0 cm³/mol. The molecule has 3 aromatic rings. The summed E-state index contributed by atoms with van der Waals surface area (Å²) in [5, 5.41) is 5.92. The molecule has 90 valence electrons. The first-order chi connectivity index (χ1) is 8.72. The Labute approximate surface area is 115 Å². The van der Waals surface area contributed by atoms with Crippen molar-refractivity contribution in [3.8, 4) is 22.2 Å². The lowest BCUT2D eigenvalue weighted by Gasteiger charge is -1.94. The molecule has 0 radical (unpaired) electrons. The van der Waals surface area contributed by atoms with Crippen molar-refractivity contribution in [3.63, 3.8) is 0 Å². The first-order valence-corrected chi connectivity index (χ1v) is 6.69. The number of anilines is 1. The number of nitrogens with zero attached hydrogens (tertiary/aromatic N) is 3. The van der Waals surface area contributed by atoms with Crippen LogP contribution in [0.3, 0.4) is 0 Å². The number of hydrogen-bond donors (Lipinski definition) is 1. The van der Waals surface area contributed by atoms with Crippen LogP contribution in [0.2, 0.25) is 0 Å². The van der Waals surface area contributed by atoms with Crippen LogP contribution in [0.4, 0.5) is 5.82 Å². The molecule has 3 rings (SSSR count). The monoisotopic (exact) mass is 322 g/mol. The number of aromatic nitrogens is 3. The van der Waals surface area contributed by atoms with Crippen LogP contribution in [0.15, 0.2) is 38.8 Å². The average Bonchev–Trinajstić information content (AvgIpc) is 2.97. The fraction of sp³-hybridized carbons (Fsp3) is 0. The second-order valence-corrected chi connectivity index (χ2v) is 5.35. The molecular weight excluding hydrogens is 316 g/mol. The lowest BCUT2D eigenvalue weighted by Crippen LogP contribution is -1.89. The van der Waals surface area contributed by atoms with Gasteiger partial charge in [-0.1, -0.05) is 5.16 Å². The Kier molecular flexibility index (Phi) is 2.85. The predicted octanol–water partition coefficient (Wildman–Crippen LogP) is 3.20. The standard InChI is InChI=1S/C11H7BrN4OS/c12-7-4-8(18-5-7)10-15-11(17-16-10)6-1-2-14-9(13)3-6/h1-5H,(H2,13,14). The SMILES string of the molecule is Nc1cc(-c2nc(-c3cc(Br)cs3)no2)ccn1. The molecule has 0 aliphatic carbocycles. The fourth-order valence-electron chi connectivity index (χ4n) is 1.45. The largest absolute Gasteiger partial charge is 0.384 e. The van der Waals surface area contributed by atoms with Gasteiger partial charge in [-0.2, -0.15) is 4.98 Å². The zero-order chi connectivity index (χ0) is 12.5. The van der Waals surface area contributed by atoms with Crippen molar-refractivity contribution < 1.29 is 4.52 Å². The molecule has 0 aromatic carbocycles. The summed E-state index contributed by atoms with van der Waals surface area (Å²) in [5.74, 6) is 1.42. The summed E-state index contributed by atoms with van der Waals surface area (Å²) in [6.45, 7) is 0. The molecule has 3 aromatic heterocycles. The van der Waals surface area contributed by atoms with Crippen LogP contribution >= 0.6 is 27.3 Å². The molecule has 18 heavy (non-hydrogen) atoms. The normalized spacial score (nSPS) is 10.7. The topological polar surface area (TPSA) is 77.8 Å². The highest BCUT2D eigenvalue weighted by atomic mass is 79.9. The molecule has 0 fully saturated rings. The lowest BCUT2D eigenvalue weighted by molar-refractivity contribution is 0.432. The summed E-state index contributed by atoms with van der Waals surface area (Å²) in [7, 11) is 0. The summed E-state index contributed by atoms with van der Waals surface area (Å²) >= 11 is 4.94. The van der Waals surface area contributed by atoms with Gasteiger partial charge in [0.2, 0.25) is 5.82 Å². The number of rotatable bonds is 2. The van der Waals surface area contributed by atoms with Gasteiger partial charge in [0, 0.05) is 21.6 Å². The van der Waals surface area contributed by atoms with Crippen molar-refractivity contribution in [1.29, 1.82) is 0 Å². The Bertz CT molecular complexity index is 694. The summed E-state index contributed by atoms with van der Waals surface area (Å²) in [4.78, 5) is 9.19. The minimum absolute atomic E-state index is 0.422. The molecule has 0 unspecified atom stereocenters. The van der Waals surface area contributed by atoms with Crippen molar-refractivity contribution in [3.05, 3.63) is 34.2 Å². The fourth-order valence-corrected chi connectivity index (χ4v) is 2.80. The molecule has 0 spiro atoms. The van der Waals surface area contributed by atoms with Crippen LogP contribution in [-0.4, -0.2) is 15.1 Å². The Hall–Kier alpha value is -1.73. The van der Waals surface area contributed by atoms with Crippen LogP contribution in [0.25, 0.3) is 22.2 Å². The van der Waals surface area contributed by atoms with Gasteiger partial charge in [-0.25, -0.2) is 4.98 Å². The lowest BCUT2D eigenvalue weighted by atomic mass is 10.2. The molecule has 0 atom stereocenters.